The molecular formula is C21H25ClN4O3S2. The van der Waals surface area contributed by atoms with E-state index in [1.165, 1.54) is 11.3 Å². The Morgan fingerprint density at radius 2 is 2.06 bits per heavy atom. The van der Waals surface area contributed by atoms with Gasteiger partial charge in [0.05, 0.1) is 11.1 Å². The Morgan fingerprint density at radius 1 is 1.29 bits per heavy atom. The standard InChI is InChI=1S/C21H25ClN4O3S2/c1-14(27)25-9-8-21(12-25)13-26(20-23-11-19(22)30-20)18-7-6-16(10-17(18)21)31(28,29)24-15-4-2-3-5-15/h6-7,10-11,15,24H,2-5,8-9,12-13H2,1H3. The van der Waals surface area contributed by atoms with E-state index in [1.807, 2.05) is 17.0 Å². The number of rotatable bonds is 4. The van der Waals surface area contributed by atoms with Crippen molar-refractivity contribution in [3.8, 4) is 0 Å². The zero-order valence-electron chi connectivity index (χ0n) is 17.3. The van der Waals surface area contributed by atoms with Gasteiger partial charge in [-0.3, -0.25) is 4.79 Å². The van der Waals surface area contributed by atoms with Crippen LogP contribution in [0, 0.1) is 0 Å². The lowest BCUT2D eigenvalue weighted by molar-refractivity contribution is -0.127. The zero-order valence-corrected chi connectivity index (χ0v) is 19.7. The summed E-state index contributed by atoms with van der Waals surface area (Å²) < 4.78 is 29.7. The van der Waals surface area contributed by atoms with E-state index in [0.717, 1.165) is 48.5 Å². The number of likely N-dealkylation sites (tertiary alicyclic amines) is 1. The number of thiazole rings is 1. The molecule has 0 radical (unpaired) electrons. The molecule has 2 aliphatic heterocycles. The number of amides is 1. The van der Waals surface area contributed by atoms with Crippen LogP contribution in [0.15, 0.2) is 29.3 Å². The summed E-state index contributed by atoms with van der Waals surface area (Å²) in [5.74, 6) is 0.0424. The van der Waals surface area contributed by atoms with E-state index in [1.54, 1.807) is 19.2 Å². The van der Waals surface area contributed by atoms with Gasteiger partial charge in [0.25, 0.3) is 0 Å². The van der Waals surface area contributed by atoms with Gasteiger partial charge in [-0.1, -0.05) is 35.8 Å². The lowest BCUT2D eigenvalue weighted by atomic mass is 9.81. The first-order chi connectivity index (χ1) is 14.8. The lowest BCUT2D eigenvalue weighted by Gasteiger charge is -2.25. The Kier molecular flexibility index (Phi) is 5.28. The summed E-state index contributed by atoms with van der Waals surface area (Å²) in [7, 11) is -3.60. The van der Waals surface area contributed by atoms with Crippen molar-refractivity contribution in [1.82, 2.24) is 14.6 Å². The van der Waals surface area contributed by atoms with Crippen LogP contribution in [0.5, 0.6) is 0 Å². The van der Waals surface area contributed by atoms with Gasteiger partial charge in [0.2, 0.25) is 15.9 Å². The van der Waals surface area contributed by atoms with Gasteiger partial charge < -0.3 is 9.80 Å². The van der Waals surface area contributed by atoms with Crippen molar-refractivity contribution in [3.05, 3.63) is 34.3 Å². The summed E-state index contributed by atoms with van der Waals surface area (Å²) in [5.41, 5.74) is 1.59. The molecule has 2 fully saturated rings. The summed E-state index contributed by atoms with van der Waals surface area (Å²) in [5, 5.41) is 0.782. The smallest absolute Gasteiger partial charge is 0.240 e. The molecule has 0 bridgehead atoms. The number of sulfonamides is 1. The molecule has 1 aromatic heterocycles. The molecule has 5 rings (SSSR count). The van der Waals surface area contributed by atoms with Crippen LogP contribution >= 0.6 is 22.9 Å². The van der Waals surface area contributed by atoms with Crippen molar-refractivity contribution >= 4 is 49.7 Å². The maximum atomic E-state index is 13.1. The van der Waals surface area contributed by atoms with Crippen molar-refractivity contribution in [3.63, 3.8) is 0 Å². The molecule has 31 heavy (non-hydrogen) atoms. The molecule has 3 heterocycles. The highest BCUT2D eigenvalue weighted by Crippen LogP contribution is 2.50. The number of carbonyl (C=O) groups excluding carboxylic acids is 1. The second-order valence-corrected chi connectivity index (χ2v) is 12.1. The number of hydrogen-bond donors (Lipinski definition) is 1. The van der Waals surface area contributed by atoms with Gasteiger partial charge in [0, 0.05) is 43.7 Å². The average Bonchev–Trinajstić information content (AvgIpc) is 3.50. The summed E-state index contributed by atoms with van der Waals surface area (Å²) in [6.07, 6.45) is 6.32. The quantitative estimate of drug-likeness (QED) is 0.722. The van der Waals surface area contributed by atoms with Crippen LogP contribution in [0.2, 0.25) is 4.34 Å². The minimum absolute atomic E-state index is 0.0147. The normalized spacial score (nSPS) is 23.8. The van der Waals surface area contributed by atoms with E-state index >= 15 is 0 Å². The van der Waals surface area contributed by atoms with Gasteiger partial charge in [-0.25, -0.2) is 18.1 Å². The van der Waals surface area contributed by atoms with Crippen molar-refractivity contribution in [2.45, 2.75) is 55.4 Å². The third kappa shape index (κ3) is 3.75. The van der Waals surface area contributed by atoms with E-state index in [2.05, 4.69) is 14.6 Å². The van der Waals surface area contributed by atoms with Gasteiger partial charge in [0.1, 0.15) is 4.34 Å². The molecule has 1 aromatic carbocycles. The van der Waals surface area contributed by atoms with E-state index < -0.39 is 10.0 Å². The van der Waals surface area contributed by atoms with Crippen LogP contribution in [-0.4, -0.2) is 49.9 Å². The van der Waals surface area contributed by atoms with E-state index in [4.69, 9.17) is 11.6 Å². The van der Waals surface area contributed by atoms with Crippen LogP contribution in [-0.2, 0) is 20.2 Å². The first-order valence-electron chi connectivity index (χ1n) is 10.6. The molecule has 166 valence electrons. The molecule has 1 saturated carbocycles. The van der Waals surface area contributed by atoms with Crippen molar-refractivity contribution in [2.24, 2.45) is 0 Å². The molecule has 1 spiro atoms. The molecule has 1 aliphatic carbocycles. The largest absolute Gasteiger partial charge is 0.342 e. The molecular weight excluding hydrogens is 456 g/mol. The highest BCUT2D eigenvalue weighted by Gasteiger charge is 2.49. The second kappa shape index (κ2) is 7.72. The number of anilines is 2. The molecule has 1 amide bonds. The van der Waals surface area contributed by atoms with E-state index in [9.17, 15) is 13.2 Å². The Hall–Kier alpha value is -1.68. The first-order valence-corrected chi connectivity index (χ1v) is 13.3. The maximum Gasteiger partial charge on any atom is 0.240 e. The molecule has 7 nitrogen and oxygen atoms in total. The van der Waals surface area contributed by atoms with Crippen molar-refractivity contribution < 1.29 is 13.2 Å². The van der Waals surface area contributed by atoms with Gasteiger partial charge in [-0.15, -0.1) is 0 Å². The number of benzene rings is 1. The fourth-order valence-electron chi connectivity index (χ4n) is 5.18. The van der Waals surface area contributed by atoms with Gasteiger partial charge in [0.15, 0.2) is 5.13 Å². The van der Waals surface area contributed by atoms with Crippen LogP contribution in [0.1, 0.15) is 44.6 Å². The molecule has 1 unspecified atom stereocenters. The minimum Gasteiger partial charge on any atom is -0.342 e. The van der Waals surface area contributed by atoms with Crippen LogP contribution < -0.4 is 9.62 Å². The number of fused-ring (bicyclic) bond motifs is 2. The lowest BCUT2D eigenvalue weighted by Crippen LogP contribution is -2.36. The third-order valence-corrected chi connectivity index (χ3v) is 9.43. The first kappa shape index (κ1) is 21.2. The zero-order chi connectivity index (χ0) is 21.8. The molecule has 3 aliphatic rings. The Bertz CT molecular complexity index is 1130. The third-order valence-electron chi connectivity index (χ3n) is 6.77. The number of halogens is 1. The highest BCUT2D eigenvalue weighted by atomic mass is 35.5. The number of nitrogens with one attached hydrogen (secondary N) is 1. The van der Waals surface area contributed by atoms with Crippen molar-refractivity contribution in [2.75, 3.05) is 24.5 Å². The summed E-state index contributed by atoms with van der Waals surface area (Å²) in [6, 6.07) is 5.38. The predicted molar refractivity (Wildman–Crippen MR) is 122 cm³/mol. The molecule has 10 heteroatoms. The fraction of sp³-hybridized carbons (Fsp3) is 0.524. The Morgan fingerprint density at radius 3 is 2.71 bits per heavy atom. The second-order valence-electron chi connectivity index (χ2n) is 8.79. The van der Waals surface area contributed by atoms with Crippen LogP contribution in [0.4, 0.5) is 10.8 Å². The van der Waals surface area contributed by atoms with Crippen LogP contribution in [0.3, 0.4) is 0 Å². The van der Waals surface area contributed by atoms with Crippen molar-refractivity contribution in [1.29, 1.82) is 0 Å². The maximum absolute atomic E-state index is 13.1. The Labute approximate surface area is 191 Å². The summed E-state index contributed by atoms with van der Waals surface area (Å²) in [6.45, 7) is 3.47. The minimum atomic E-state index is -3.60. The van der Waals surface area contributed by atoms with Gasteiger partial charge in [-0.2, -0.15) is 0 Å². The number of hydrogen-bond acceptors (Lipinski definition) is 6. The van der Waals surface area contributed by atoms with E-state index in [0.29, 0.717) is 24.0 Å². The number of carbonyl (C=O) groups is 1. The van der Waals surface area contributed by atoms with Gasteiger partial charge in [-0.05, 0) is 43.0 Å². The number of nitrogens with zero attached hydrogens (tertiary/aromatic N) is 3. The summed E-state index contributed by atoms with van der Waals surface area (Å²) >= 11 is 7.53. The molecule has 1 N–H and O–H groups in total. The SMILES string of the molecule is CC(=O)N1CCC2(C1)CN(c1ncc(Cl)s1)c1ccc(S(=O)(=O)NC3CCCC3)cc12. The molecule has 1 saturated heterocycles. The average molecular weight is 481 g/mol. The number of aromatic nitrogens is 1. The summed E-state index contributed by atoms with van der Waals surface area (Å²) in [4.78, 5) is 20.7. The fourth-order valence-corrected chi connectivity index (χ4v) is 7.42. The Balaban J connectivity index is 1.55. The highest BCUT2D eigenvalue weighted by molar-refractivity contribution is 7.89. The topological polar surface area (TPSA) is 82.6 Å². The van der Waals surface area contributed by atoms with Gasteiger partial charge >= 0.3 is 0 Å². The molecule has 1 atom stereocenters. The monoisotopic (exact) mass is 480 g/mol. The van der Waals surface area contributed by atoms with E-state index in [-0.39, 0.29) is 22.3 Å². The van der Waals surface area contributed by atoms with Crippen LogP contribution in [0.25, 0.3) is 0 Å². The predicted octanol–water partition coefficient (Wildman–Crippen LogP) is 3.66. The molecule has 2 aromatic rings.